The van der Waals surface area contributed by atoms with Gasteiger partial charge >= 0.3 is 0 Å². The van der Waals surface area contributed by atoms with E-state index in [0.29, 0.717) is 19.6 Å². The second-order valence-corrected chi connectivity index (χ2v) is 7.28. The zero-order chi connectivity index (χ0) is 14.7. The quantitative estimate of drug-likeness (QED) is 0.573. The lowest BCUT2D eigenvalue weighted by Gasteiger charge is -2.26. The molecular formula is C14H31N3O2S. The van der Waals surface area contributed by atoms with Crippen LogP contribution in [0.4, 0.5) is 0 Å². The van der Waals surface area contributed by atoms with Gasteiger partial charge in [0.2, 0.25) is 0 Å². The summed E-state index contributed by atoms with van der Waals surface area (Å²) in [5, 5.41) is 3.16. The topological polar surface area (TPSA) is 61.4 Å². The van der Waals surface area contributed by atoms with Crippen LogP contribution in [-0.4, -0.2) is 45.4 Å². The average molecular weight is 305 g/mol. The van der Waals surface area contributed by atoms with Crippen LogP contribution in [0.1, 0.15) is 58.3 Å². The highest BCUT2D eigenvalue weighted by Crippen LogP contribution is 2.08. The highest BCUT2D eigenvalue weighted by Gasteiger charge is 2.22. The molecule has 2 N–H and O–H groups in total. The van der Waals surface area contributed by atoms with E-state index in [0.717, 1.165) is 25.9 Å². The summed E-state index contributed by atoms with van der Waals surface area (Å²) in [4.78, 5) is 0. The second-order valence-electron chi connectivity index (χ2n) is 5.52. The van der Waals surface area contributed by atoms with E-state index in [1.54, 1.807) is 0 Å². The first-order valence-electron chi connectivity index (χ1n) is 8.12. The molecule has 0 bridgehead atoms. The molecule has 0 aliphatic carbocycles. The van der Waals surface area contributed by atoms with Crippen molar-refractivity contribution in [2.75, 3.05) is 32.7 Å². The van der Waals surface area contributed by atoms with E-state index < -0.39 is 10.2 Å². The number of nitrogens with zero attached hydrogens (tertiary/aromatic N) is 1. The first-order valence-corrected chi connectivity index (χ1v) is 9.56. The number of rotatable bonds is 11. The van der Waals surface area contributed by atoms with Crippen LogP contribution in [0.5, 0.6) is 0 Å². The first kappa shape index (κ1) is 17.9. The van der Waals surface area contributed by atoms with Crippen molar-refractivity contribution >= 4 is 10.2 Å². The van der Waals surface area contributed by atoms with Gasteiger partial charge in [-0.25, -0.2) is 4.72 Å². The maximum atomic E-state index is 12.0. The zero-order valence-corrected chi connectivity index (χ0v) is 13.7. The highest BCUT2D eigenvalue weighted by atomic mass is 32.2. The highest BCUT2D eigenvalue weighted by molar-refractivity contribution is 7.87. The van der Waals surface area contributed by atoms with Crippen LogP contribution in [0, 0.1) is 0 Å². The third-order valence-corrected chi connectivity index (χ3v) is 5.34. The standard InChI is InChI=1S/C14H31N3O2S/c1-2-3-4-5-6-7-8-9-10-16-20(18,19)17-13-11-15-12-14-17/h15-16H,2-14H2,1H3. The smallest absolute Gasteiger partial charge is 0.279 e. The van der Waals surface area contributed by atoms with Crippen molar-refractivity contribution < 1.29 is 8.42 Å². The summed E-state index contributed by atoms with van der Waals surface area (Å²) in [7, 11) is -3.24. The Morgan fingerprint density at radius 2 is 1.50 bits per heavy atom. The molecule has 5 nitrogen and oxygen atoms in total. The van der Waals surface area contributed by atoms with Gasteiger partial charge in [-0.2, -0.15) is 12.7 Å². The van der Waals surface area contributed by atoms with Gasteiger partial charge in [-0.15, -0.1) is 0 Å². The molecule has 0 saturated carbocycles. The number of nitrogens with one attached hydrogen (secondary N) is 2. The van der Waals surface area contributed by atoms with Crippen molar-refractivity contribution in [3.63, 3.8) is 0 Å². The number of hydrogen-bond acceptors (Lipinski definition) is 3. The van der Waals surface area contributed by atoms with E-state index in [9.17, 15) is 8.42 Å². The number of hydrogen-bond donors (Lipinski definition) is 2. The average Bonchev–Trinajstić information content (AvgIpc) is 2.46. The molecular weight excluding hydrogens is 274 g/mol. The van der Waals surface area contributed by atoms with Crippen LogP contribution < -0.4 is 10.0 Å². The monoisotopic (exact) mass is 305 g/mol. The van der Waals surface area contributed by atoms with Crippen molar-refractivity contribution in [1.29, 1.82) is 0 Å². The number of piperazine rings is 1. The molecule has 0 aromatic rings. The minimum Gasteiger partial charge on any atom is -0.314 e. The van der Waals surface area contributed by atoms with Gasteiger partial charge in [-0.1, -0.05) is 51.9 Å². The maximum Gasteiger partial charge on any atom is 0.279 e. The Kier molecular flexibility index (Phi) is 9.42. The fourth-order valence-electron chi connectivity index (χ4n) is 2.44. The SMILES string of the molecule is CCCCCCCCCCNS(=O)(=O)N1CCNCC1. The third-order valence-electron chi connectivity index (χ3n) is 3.73. The largest absolute Gasteiger partial charge is 0.314 e. The van der Waals surface area contributed by atoms with Gasteiger partial charge in [0.15, 0.2) is 0 Å². The van der Waals surface area contributed by atoms with Gasteiger partial charge in [0.25, 0.3) is 10.2 Å². The van der Waals surface area contributed by atoms with Crippen LogP contribution in [-0.2, 0) is 10.2 Å². The molecule has 1 aliphatic rings. The lowest BCUT2D eigenvalue weighted by Crippen LogP contribution is -2.50. The van der Waals surface area contributed by atoms with Crippen molar-refractivity contribution in [2.45, 2.75) is 58.3 Å². The number of unbranched alkanes of at least 4 members (excludes halogenated alkanes) is 7. The van der Waals surface area contributed by atoms with E-state index in [-0.39, 0.29) is 0 Å². The van der Waals surface area contributed by atoms with Crippen LogP contribution in [0.3, 0.4) is 0 Å². The predicted octanol–water partition coefficient (Wildman–Crippen LogP) is 1.87. The molecule has 1 fully saturated rings. The van der Waals surface area contributed by atoms with Crippen LogP contribution >= 0.6 is 0 Å². The Hall–Kier alpha value is -0.170. The van der Waals surface area contributed by atoms with E-state index >= 15 is 0 Å². The molecule has 1 saturated heterocycles. The molecule has 1 rings (SSSR count). The molecule has 0 aromatic heterocycles. The van der Waals surface area contributed by atoms with Gasteiger partial charge < -0.3 is 5.32 Å². The molecule has 0 radical (unpaired) electrons. The van der Waals surface area contributed by atoms with Crippen molar-refractivity contribution in [3.05, 3.63) is 0 Å². The van der Waals surface area contributed by atoms with Gasteiger partial charge in [-0.3, -0.25) is 0 Å². The van der Waals surface area contributed by atoms with Gasteiger partial charge in [0.05, 0.1) is 0 Å². The summed E-state index contributed by atoms with van der Waals surface area (Å²) in [6.07, 6.45) is 9.85. The Morgan fingerprint density at radius 3 is 2.10 bits per heavy atom. The normalized spacial score (nSPS) is 17.4. The zero-order valence-electron chi connectivity index (χ0n) is 12.9. The van der Waals surface area contributed by atoms with E-state index in [1.165, 1.54) is 42.8 Å². The summed E-state index contributed by atoms with van der Waals surface area (Å²) in [5.74, 6) is 0. The van der Waals surface area contributed by atoms with Gasteiger partial charge in [0.1, 0.15) is 0 Å². The minimum absolute atomic E-state index is 0.571. The summed E-state index contributed by atoms with van der Waals surface area (Å²) < 4.78 is 28.2. The molecule has 1 aliphatic heterocycles. The Morgan fingerprint density at radius 1 is 0.950 bits per heavy atom. The molecule has 0 spiro atoms. The maximum absolute atomic E-state index is 12.0. The van der Waals surface area contributed by atoms with Gasteiger partial charge in [-0.05, 0) is 6.42 Å². The summed E-state index contributed by atoms with van der Waals surface area (Å²) in [6.45, 7) is 5.45. The molecule has 20 heavy (non-hydrogen) atoms. The second kappa shape index (κ2) is 10.5. The predicted molar refractivity (Wildman–Crippen MR) is 84.0 cm³/mol. The Bertz CT molecular complexity index is 327. The van der Waals surface area contributed by atoms with Crippen molar-refractivity contribution in [3.8, 4) is 0 Å². The van der Waals surface area contributed by atoms with E-state index in [2.05, 4.69) is 17.0 Å². The minimum atomic E-state index is -3.24. The fraction of sp³-hybridized carbons (Fsp3) is 1.00. The van der Waals surface area contributed by atoms with Crippen LogP contribution in [0.2, 0.25) is 0 Å². The van der Waals surface area contributed by atoms with Gasteiger partial charge in [0, 0.05) is 32.7 Å². The molecule has 0 aromatic carbocycles. The molecule has 0 atom stereocenters. The van der Waals surface area contributed by atoms with Crippen molar-refractivity contribution in [1.82, 2.24) is 14.3 Å². The van der Waals surface area contributed by atoms with E-state index in [4.69, 9.17) is 0 Å². The third kappa shape index (κ3) is 7.57. The summed E-state index contributed by atoms with van der Waals surface area (Å²) in [5.41, 5.74) is 0. The fourth-order valence-corrected chi connectivity index (χ4v) is 3.68. The molecule has 0 amide bonds. The van der Waals surface area contributed by atoms with Crippen LogP contribution in [0.15, 0.2) is 0 Å². The molecule has 1 heterocycles. The lowest BCUT2D eigenvalue weighted by atomic mass is 10.1. The lowest BCUT2D eigenvalue weighted by molar-refractivity contribution is 0.354. The van der Waals surface area contributed by atoms with Crippen LogP contribution in [0.25, 0.3) is 0 Å². The molecule has 0 unspecified atom stereocenters. The molecule has 6 heteroatoms. The first-order chi connectivity index (χ1) is 9.67. The van der Waals surface area contributed by atoms with E-state index in [1.807, 2.05) is 0 Å². The van der Waals surface area contributed by atoms with Crippen molar-refractivity contribution in [2.24, 2.45) is 0 Å². The molecule has 120 valence electrons. The summed E-state index contributed by atoms with van der Waals surface area (Å²) >= 11 is 0. The Labute approximate surface area is 124 Å². The Balaban J connectivity index is 1.99. The summed E-state index contributed by atoms with van der Waals surface area (Å²) in [6, 6.07) is 0.